The van der Waals surface area contributed by atoms with Crippen molar-refractivity contribution < 1.29 is 13.6 Å². The number of amides is 1. The van der Waals surface area contributed by atoms with Gasteiger partial charge in [0.15, 0.2) is 11.5 Å². The highest BCUT2D eigenvalue weighted by Crippen LogP contribution is 2.39. The molecule has 2 N–H and O–H groups in total. The topological polar surface area (TPSA) is 106 Å². The Morgan fingerprint density at radius 3 is 2.85 bits per heavy atom. The molecule has 34 heavy (non-hydrogen) atoms. The summed E-state index contributed by atoms with van der Waals surface area (Å²) in [6.45, 7) is 2.08. The first-order valence-corrected chi connectivity index (χ1v) is 10.9. The van der Waals surface area contributed by atoms with Crippen LogP contribution in [-0.4, -0.2) is 46.2 Å². The number of aromatic amines is 1. The molecule has 0 bridgehead atoms. The minimum atomic E-state index is -1.10. The van der Waals surface area contributed by atoms with Gasteiger partial charge in [0.05, 0.1) is 59.3 Å². The Bertz CT molecular complexity index is 1590. The smallest absolute Gasteiger partial charge is 0.231 e. The number of alkyl halides is 1. The van der Waals surface area contributed by atoms with E-state index >= 15 is 4.39 Å². The maximum absolute atomic E-state index is 15.5. The van der Waals surface area contributed by atoms with Crippen LogP contribution >= 0.6 is 11.6 Å². The van der Waals surface area contributed by atoms with Gasteiger partial charge in [-0.1, -0.05) is 11.6 Å². The van der Waals surface area contributed by atoms with Crippen LogP contribution < -0.4 is 5.32 Å². The van der Waals surface area contributed by atoms with E-state index in [2.05, 4.69) is 30.5 Å². The molecule has 2 unspecified atom stereocenters. The van der Waals surface area contributed by atoms with Crippen LogP contribution in [0.1, 0.15) is 17.7 Å². The Labute approximate surface area is 195 Å². The van der Waals surface area contributed by atoms with E-state index in [9.17, 15) is 9.18 Å². The molecule has 1 saturated carbocycles. The molecule has 2 atom stereocenters. The second-order valence-electron chi connectivity index (χ2n) is 8.34. The highest BCUT2D eigenvalue weighted by atomic mass is 35.5. The minimum Gasteiger partial charge on any atom is -0.333 e. The average molecular weight is 483 g/mol. The van der Waals surface area contributed by atoms with Gasteiger partial charge < -0.3 is 14.3 Å². The molecule has 1 aliphatic rings. The predicted octanol–water partition coefficient (Wildman–Crippen LogP) is 3.91. The fourth-order valence-electron chi connectivity index (χ4n) is 4.06. The molecule has 9 nitrogen and oxygen atoms in total. The summed E-state index contributed by atoms with van der Waals surface area (Å²) in [5.74, 6) is -1.33. The molecule has 4 aromatic heterocycles. The van der Waals surface area contributed by atoms with Gasteiger partial charge >= 0.3 is 0 Å². The number of imidazole rings is 2. The van der Waals surface area contributed by atoms with E-state index in [1.807, 2.05) is 13.1 Å². The van der Waals surface area contributed by atoms with Crippen molar-refractivity contribution in [1.29, 1.82) is 0 Å². The number of carbonyl (C=O) groups excluding carboxylic acids is 1. The summed E-state index contributed by atoms with van der Waals surface area (Å²) < 4.78 is 32.0. The van der Waals surface area contributed by atoms with Crippen LogP contribution in [0.25, 0.3) is 27.8 Å². The number of carbonyl (C=O) groups is 1. The molecule has 1 aliphatic carbocycles. The van der Waals surface area contributed by atoms with Crippen LogP contribution in [0.5, 0.6) is 0 Å². The molecule has 0 spiro atoms. The van der Waals surface area contributed by atoms with Gasteiger partial charge in [0, 0.05) is 28.9 Å². The third-order valence-electron chi connectivity index (χ3n) is 5.89. The lowest BCUT2D eigenvalue weighted by molar-refractivity contribution is -0.117. The van der Waals surface area contributed by atoms with Gasteiger partial charge in [0.1, 0.15) is 12.0 Å². The Balaban J connectivity index is 1.40. The largest absolute Gasteiger partial charge is 0.333 e. The van der Waals surface area contributed by atoms with E-state index in [0.717, 1.165) is 5.69 Å². The van der Waals surface area contributed by atoms with Crippen LogP contribution in [0, 0.1) is 18.7 Å². The number of hydrogen-bond acceptors (Lipinski definition) is 5. The molecule has 12 heteroatoms. The van der Waals surface area contributed by atoms with Gasteiger partial charge in [-0.3, -0.25) is 14.9 Å². The third kappa shape index (κ3) is 3.39. The molecular formula is C22H17ClF2N8O. The van der Waals surface area contributed by atoms with Crippen molar-refractivity contribution in [3.05, 3.63) is 59.4 Å². The highest BCUT2D eigenvalue weighted by molar-refractivity contribution is 6.35. The Morgan fingerprint density at radius 1 is 1.29 bits per heavy atom. The standard InChI is InChI=1S/C22H17ClF2N8O/c1-10-5-32(9-27-10)6-13-20(25)19(23)18(12-3-28-31-21(12)13)15-7-33-8-16(29-17(33)4-26-15)30-22(34)11-2-14(11)24/h3-5,7-9,11,14H,2,6H2,1H3,(H,28,31)(H,30,34). The first kappa shape index (κ1) is 20.7. The number of benzene rings is 1. The first-order chi connectivity index (χ1) is 16.4. The predicted molar refractivity (Wildman–Crippen MR) is 121 cm³/mol. The van der Waals surface area contributed by atoms with E-state index in [4.69, 9.17) is 11.6 Å². The Hall–Kier alpha value is -3.86. The fourth-order valence-corrected chi connectivity index (χ4v) is 4.37. The van der Waals surface area contributed by atoms with Gasteiger partial charge in [0.2, 0.25) is 5.91 Å². The van der Waals surface area contributed by atoms with Gasteiger partial charge in [-0.15, -0.1) is 0 Å². The van der Waals surface area contributed by atoms with Crippen LogP contribution in [0.3, 0.4) is 0 Å². The summed E-state index contributed by atoms with van der Waals surface area (Å²) in [5.41, 5.74) is 2.92. The normalized spacial score (nSPS) is 17.5. The second-order valence-corrected chi connectivity index (χ2v) is 8.72. The molecule has 1 fully saturated rings. The van der Waals surface area contributed by atoms with Gasteiger partial charge in [0.25, 0.3) is 0 Å². The van der Waals surface area contributed by atoms with Crippen molar-refractivity contribution in [1.82, 2.24) is 34.1 Å². The molecule has 1 amide bonds. The zero-order valence-corrected chi connectivity index (χ0v) is 18.5. The molecule has 1 aromatic carbocycles. The van der Waals surface area contributed by atoms with Crippen molar-refractivity contribution in [2.75, 3.05) is 5.32 Å². The lowest BCUT2D eigenvalue weighted by atomic mass is 10.0. The van der Waals surface area contributed by atoms with Crippen molar-refractivity contribution >= 4 is 39.9 Å². The zero-order valence-electron chi connectivity index (χ0n) is 17.8. The molecule has 4 heterocycles. The van der Waals surface area contributed by atoms with Gasteiger partial charge in [-0.25, -0.2) is 18.7 Å². The number of halogens is 3. The van der Waals surface area contributed by atoms with Gasteiger partial charge in [-0.2, -0.15) is 5.10 Å². The average Bonchev–Trinajstić information content (AvgIpc) is 3.17. The molecule has 6 rings (SSSR count). The van der Waals surface area contributed by atoms with Crippen molar-refractivity contribution in [3.8, 4) is 11.3 Å². The SMILES string of the molecule is Cc1cn(Cc2c(F)c(Cl)c(-c3cn4cc(NC(=O)C5CC5F)nc4cn3)c3cn[nH]c23)cn1. The first-order valence-electron chi connectivity index (χ1n) is 10.5. The lowest BCUT2D eigenvalue weighted by Crippen LogP contribution is -2.15. The highest BCUT2D eigenvalue weighted by Gasteiger charge is 2.43. The number of aromatic nitrogens is 7. The van der Waals surface area contributed by atoms with Crippen LogP contribution in [-0.2, 0) is 11.3 Å². The maximum atomic E-state index is 15.5. The van der Waals surface area contributed by atoms with Crippen LogP contribution in [0.15, 0.2) is 37.3 Å². The number of hydrogen-bond donors (Lipinski definition) is 2. The molecule has 5 aromatic rings. The molecule has 0 aliphatic heterocycles. The molecular weight excluding hydrogens is 466 g/mol. The van der Waals surface area contributed by atoms with E-state index in [1.54, 1.807) is 33.9 Å². The second kappa shape index (κ2) is 7.59. The number of fused-ring (bicyclic) bond motifs is 2. The summed E-state index contributed by atoms with van der Waals surface area (Å²) in [4.78, 5) is 24.9. The number of H-pyrrole nitrogens is 1. The zero-order chi connectivity index (χ0) is 23.6. The van der Waals surface area contributed by atoms with E-state index in [1.165, 1.54) is 6.20 Å². The summed E-state index contributed by atoms with van der Waals surface area (Å²) in [6, 6.07) is 0. The monoisotopic (exact) mass is 482 g/mol. The number of nitrogens with zero attached hydrogens (tertiary/aromatic N) is 6. The third-order valence-corrected chi connectivity index (χ3v) is 6.24. The Kier molecular flexibility index (Phi) is 4.63. The lowest BCUT2D eigenvalue weighted by Gasteiger charge is -2.12. The van der Waals surface area contributed by atoms with Gasteiger partial charge in [-0.05, 0) is 13.3 Å². The molecule has 0 saturated heterocycles. The summed E-state index contributed by atoms with van der Waals surface area (Å²) in [7, 11) is 0. The summed E-state index contributed by atoms with van der Waals surface area (Å²) >= 11 is 6.52. The van der Waals surface area contributed by atoms with Crippen LogP contribution in [0.4, 0.5) is 14.6 Å². The van der Waals surface area contributed by atoms with E-state index in [-0.39, 0.29) is 23.8 Å². The van der Waals surface area contributed by atoms with E-state index < -0.39 is 23.8 Å². The number of nitrogens with one attached hydrogen (secondary N) is 2. The van der Waals surface area contributed by atoms with Crippen LogP contribution in [0.2, 0.25) is 5.02 Å². The summed E-state index contributed by atoms with van der Waals surface area (Å²) in [6.07, 6.45) is 8.85. The van der Waals surface area contributed by atoms with E-state index in [0.29, 0.717) is 33.4 Å². The quantitative estimate of drug-likeness (QED) is 0.395. The van der Waals surface area contributed by atoms with Crippen molar-refractivity contribution in [3.63, 3.8) is 0 Å². The van der Waals surface area contributed by atoms with Crippen molar-refractivity contribution in [2.45, 2.75) is 26.1 Å². The minimum absolute atomic E-state index is 0.0797. The molecule has 0 radical (unpaired) electrons. The fraction of sp³-hybridized carbons (Fsp3) is 0.227. The number of aryl methyl sites for hydroxylation is 1. The van der Waals surface area contributed by atoms with Crippen molar-refractivity contribution in [2.24, 2.45) is 5.92 Å². The summed E-state index contributed by atoms with van der Waals surface area (Å²) in [5, 5.41) is 10.1. The molecule has 172 valence electrons. The number of rotatable bonds is 5. The number of anilines is 1. The maximum Gasteiger partial charge on any atom is 0.231 e. The Morgan fingerprint density at radius 2 is 2.12 bits per heavy atom.